The molecule has 2 nitrogen and oxygen atoms in total. The lowest BCUT2D eigenvalue weighted by Crippen LogP contribution is -2.37. The zero-order valence-electron chi connectivity index (χ0n) is 10.5. The van der Waals surface area contributed by atoms with Crippen molar-refractivity contribution in [1.29, 1.82) is 5.26 Å². The Morgan fingerprint density at radius 3 is 2.81 bits per heavy atom. The van der Waals surface area contributed by atoms with Crippen molar-refractivity contribution >= 4 is 0 Å². The van der Waals surface area contributed by atoms with Crippen LogP contribution in [0.1, 0.15) is 58.3 Å². The van der Waals surface area contributed by atoms with E-state index in [1.54, 1.807) is 0 Å². The van der Waals surface area contributed by atoms with Gasteiger partial charge in [0.2, 0.25) is 0 Å². The summed E-state index contributed by atoms with van der Waals surface area (Å²) >= 11 is 0. The summed E-state index contributed by atoms with van der Waals surface area (Å²) in [5, 5.41) is 12.5. The van der Waals surface area contributed by atoms with E-state index in [4.69, 9.17) is 5.26 Å². The molecule has 2 fully saturated rings. The molecule has 0 aliphatic heterocycles. The second-order valence-corrected chi connectivity index (χ2v) is 5.85. The van der Waals surface area contributed by atoms with Crippen LogP contribution in [0.15, 0.2) is 0 Å². The fraction of sp³-hybridized carbons (Fsp3) is 0.929. The van der Waals surface area contributed by atoms with E-state index in [1.165, 1.54) is 44.9 Å². The molecule has 2 heteroatoms. The van der Waals surface area contributed by atoms with Gasteiger partial charge in [0.15, 0.2) is 0 Å². The van der Waals surface area contributed by atoms with E-state index in [0.29, 0.717) is 5.41 Å². The molecule has 16 heavy (non-hydrogen) atoms. The van der Waals surface area contributed by atoms with Gasteiger partial charge in [0, 0.05) is 19.0 Å². The predicted octanol–water partition coefficient (Wildman–Crippen LogP) is 3.24. The highest BCUT2D eigenvalue weighted by Gasteiger charge is 2.42. The topological polar surface area (TPSA) is 35.8 Å². The monoisotopic (exact) mass is 220 g/mol. The first-order valence-electron chi connectivity index (χ1n) is 6.88. The normalized spacial score (nSPS) is 32.0. The third-order valence-corrected chi connectivity index (χ3v) is 4.54. The Balaban J connectivity index is 1.71. The highest BCUT2D eigenvalue weighted by Crippen LogP contribution is 2.48. The first kappa shape index (κ1) is 11.9. The Hall–Kier alpha value is -0.550. The van der Waals surface area contributed by atoms with Crippen LogP contribution in [0.4, 0.5) is 0 Å². The Morgan fingerprint density at radius 2 is 2.19 bits per heavy atom. The maximum absolute atomic E-state index is 8.78. The number of hydrogen-bond acceptors (Lipinski definition) is 2. The van der Waals surface area contributed by atoms with E-state index in [2.05, 4.69) is 18.3 Å². The fourth-order valence-electron chi connectivity index (χ4n) is 2.97. The molecule has 2 unspecified atom stereocenters. The summed E-state index contributed by atoms with van der Waals surface area (Å²) in [7, 11) is 0. The van der Waals surface area contributed by atoms with Gasteiger partial charge in [-0.05, 0) is 37.0 Å². The zero-order chi connectivity index (χ0) is 11.4. The Morgan fingerprint density at radius 1 is 1.38 bits per heavy atom. The van der Waals surface area contributed by atoms with Crippen LogP contribution in [-0.4, -0.2) is 12.6 Å². The van der Waals surface area contributed by atoms with Crippen LogP contribution >= 0.6 is 0 Å². The molecule has 0 spiro atoms. The third kappa shape index (κ3) is 2.98. The van der Waals surface area contributed by atoms with Gasteiger partial charge in [-0.1, -0.05) is 26.2 Å². The lowest BCUT2D eigenvalue weighted by molar-refractivity contribution is 0.266. The largest absolute Gasteiger partial charge is 0.313 e. The van der Waals surface area contributed by atoms with Crippen LogP contribution in [0.25, 0.3) is 0 Å². The van der Waals surface area contributed by atoms with Crippen molar-refractivity contribution in [1.82, 2.24) is 5.32 Å². The molecule has 2 atom stereocenters. The van der Waals surface area contributed by atoms with Gasteiger partial charge >= 0.3 is 0 Å². The minimum absolute atomic E-state index is 0.369. The van der Waals surface area contributed by atoms with Crippen LogP contribution in [-0.2, 0) is 0 Å². The summed E-state index contributed by atoms with van der Waals surface area (Å²) in [5.41, 5.74) is 0.369. The molecule has 0 radical (unpaired) electrons. The smallest absolute Gasteiger partial charge is 0.0628 e. The molecular weight excluding hydrogens is 196 g/mol. The first-order valence-corrected chi connectivity index (χ1v) is 6.88. The number of rotatable bonds is 5. The molecule has 0 bridgehead atoms. The van der Waals surface area contributed by atoms with Gasteiger partial charge in [-0.15, -0.1) is 0 Å². The molecule has 2 aliphatic carbocycles. The van der Waals surface area contributed by atoms with Gasteiger partial charge in [0.25, 0.3) is 0 Å². The van der Waals surface area contributed by atoms with E-state index in [-0.39, 0.29) is 0 Å². The van der Waals surface area contributed by atoms with E-state index >= 15 is 0 Å². The Bertz CT molecular complexity index is 262. The van der Waals surface area contributed by atoms with Gasteiger partial charge in [-0.3, -0.25) is 0 Å². The predicted molar refractivity (Wildman–Crippen MR) is 65.9 cm³/mol. The van der Waals surface area contributed by atoms with Crippen molar-refractivity contribution in [3.8, 4) is 6.07 Å². The van der Waals surface area contributed by atoms with E-state index in [1.807, 2.05) is 0 Å². The third-order valence-electron chi connectivity index (χ3n) is 4.54. The van der Waals surface area contributed by atoms with Gasteiger partial charge in [0.1, 0.15) is 0 Å². The number of nitrogens with one attached hydrogen (secondary N) is 1. The quantitative estimate of drug-likeness (QED) is 0.772. The maximum atomic E-state index is 8.78. The van der Waals surface area contributed by atoms with Gasteiger partial charge in [0.05, 0.1) is 6.07 Å². The summed E-state index contributed by atoms with van der Waals surface area (Å²) in [5.74, 6) is 0.942. The average Bonchev–Trinajstić information content (AvgIpc) is 3.08. The van der Waals surface area contributed by atoms with Crippen molar-refractivity contribution in [2.24, 2.45) is 11.3 Å². The van der Waals surface area contributed by atoms with Crippen molar-refractivity contribution in [2.75, 3.05) is 6.54 Å². The summed E-state index contributed by atoms with van der Waals surface area (Å²) in [6.07, 6.45) is 10.1. The molecule has 2 aliphatic rings. The first-order chi connectivity index (χ1) is 7.78. The van der Waals surface area contributed by atoms with Crippen LogP contribution in [0, 0.1) is 22.7 Å². The van der Waals surface area contributed by atoms with Crippen molar-refractivity contribution in [3.05, 3.63) is 0 Å². The molecule has 0 saturated heterocycles. The molecule has 0 amide bonds. The second-order valence-electron chi connectivity index (χ2n) is 5.85. The molecule has 2 rings (SSSR count). The second kappa shape index (κ2) is 5.19. The SMILES string of the molecule is CCC1CCCC(NCC2(CC#N)CC2)C1. The van der Waals surface area contributed by atoms with Crippen molar-refractivity contribution in [2.45, 2.75) is 64.3 Å². The lowest BCUT2D eigenvalue weighted by atomic mass is 9.84. The molecule has 0 aromatic rings. The van der Waals surface area contributed by atoms with Gasteiger partial charge < -0.3 is 5.32 Å². The number of hydrogen-bond donors (Lipinski definition) is 1. The molecule has 1 N–H and O–H groups in total. The molecule has 2 saturated carbocycles. The van der Waals surface area contributed by atoms with Crippen LogP contribution in [0.5, 0.6) is 0 Å². The summed E-state index contributed by atoms with van der Waals surface area (Å²) in [4.78, 5) is 0. The highest BCUT2D eigenvalue weighted by atomic mass is 14.9. The summed E-state index contributed by atoms with van der Waals surface area (Å²) < 4.78 is 0. The molecular formula is C14H24N2. The van der Waals surface area contributed by atoms with Gasteiger partial charge in [-0.2, -0.15) is 5.26 Å². The summed E-state index contributed by atoms with van der Waals surface area (Å²) in [6.45, 7) is 3.40. The van der Waals surface area contributed by atoms with Crippen LogP contribution in [0.2, 0.25) is 0 Å². The maximum Gasteiger partial charge on any atom is 0.0628 e. The minimum Gasteiger partial charge on any atom is -0.313 e. The van der Waals surface area contributed by atoms with Crippen LogP contribution in [0.3, 0.4) is 0 Å². The fourth-order valence-corrected chi connectivity index (χ4v) is 2.97. The number of nitrogens with zero attached hydrogens (tertiary/aromatic N) is 1. The molecule has 0 heterocycles. The highest BCUT2D eigenvalue weighted by molar-refractivity contribution is 5.01. The summed E-state index contributed by atoms with van der Waals surface area (Å²) in [6, 6.07) is 3.07. The number of nitriles is 1. The van der Waals surface area contributed by atoms with Gasteiger partial charge in [-0.25, -0.2) is 0 Å². The zero-order valence-corrected chi connectivity index (χ0v) is 10.5. The standard InChI is InChI=1S/C14H24N2/c1-2-12-4-3-5-13(10-12)16-11-14(6-7-14)8-9-15/h12-13,16H,2-8,10-11H2,1H3. The molecule has 0 aromatic carbocycles. The average molecular weight is 220 g/mol. The van der Waals surface area contributed by atoms with Crippen molar-refractivity contribution in [3.63, 3.8) is 0 Å². The lowest BCUT2D eigenvalue weighted by Gasteiger charge is -2.30. The van der Waals surface area contributed by atoms with Crippen LogP contribution < -0.4 is 5.32 Å². The Labute approximate surface area is 99.4 Å². The minimum atomic E-state index is 0.369. The van der Waals surface area contributed by atoms with E-state index < -0.39 is 0 Å². The van der Waals surface area contributed by atoms with Crippen molar-refractivity contribution < 1.29 is 0 Å². The van der Waals surface area contributed by atoms with E-state index in [9.17, 15) is 0 Å². The van der Waals surface area contributed by atoms with E-state index in [0.717, 1.165) is 24.9 Å². The molecule has 90 valence electrons. The molecule has 0 aromatic heterocycles. The Kier molecular flexibility index (Phi) is 3.86.